The second-order valence-corrected chi connectivity index (χ2v) is 6.75. The molecule has 0 atom stereocenters. The molecule has 6 nitrogen and oxygen atoms in total. The van der Waals surface area contributed by atoms with Crippen molar-refractivity contribution in [2.75, 3.05) is 11.1 Å². The predicted octanol–water partition coefficient (Wildman–Crippen LogP) is 4.46. The van der Waals surface area contributed by atoms with Crippen LogP contribution in [0.25, 0.3) is 11.4 Å². The van der Waals surface area contributed by atoms with Crippen molar-refractivity contribution in [3.05, 3.63) is 67.3 Å². The number of nitrogens with one attached hydrogen (secondary N) is 1. The molecule has 0 radical (unpaired) electrons. The van der Waals surface area contributed by atoms with E-state index in [-0.39, 0.29) is 17.4 Å². The second kappa shape index (κ2) is 9.83. The number of carbonyl (C=O) groups is 1. The number of hydrogen-bond acceptors (Lipinski definition) is 5. The first-order valence-electron chi connectivity index (χ1n) is 8.64. The third-order valence-electron chi connectivity index (χ3n) is 3.76. The van der Waals surface area contributed by atoms with Crippen LogP contribution in [-0.2, 0) is 11.3 Å². The number of alkyl halides is 2. The van der Waals surface area contributed by atoms with E-state index in [1.807, 2.05) is 30.3 Å². The highest BCUT2D eigenvalue weighted by Gasteiger charge is 2.15. The van der Waals surface area contributed by atoms with E-state index in [1.165, 1.54) is 23.9 Å². The van der Waals surface area contributed by atoms with Crippen LogP contribution in [0.2, 0.25) is 0 Å². The Morgan fingerprint density at radius 1 is 1.17 bits per heavy atom. The number of para-hydroxylation sites is 1. The number of thioether (sulfide) groups is 1. The average Bonchev–Trinajstić information content (AvgIpc) is 3.10. The maximum Gasteiger partial charge on any atom is 0.387 e. The zero-order valence-corrected chi connectivity index (χ0v) is 16.1. The van der Waals surface area contributed by atoms with Gasteiger partial charge in [0.2, 0.25) is 5.91 Å². The van der Waals surface area contributed by atoms with E-state index in [9.17, 15) is 13.6 Å². The van der Waals surface area contributed by atoms with E-state index < -0.39 is 6.61 Å². The number of rotatable bonds is 9. The van der Waals surface area contributed by atoms with Crippen LogP contribution in [0.1, 0.15) is 0 Å². The van der Waals surface area contributed by atoms with Gasteiger partial charge < -0.3 is 10.1 Å². The molecule has 29 heavy (non-hydrogen) atoms. The summed E-state index contributed by atoms with van der Waals surface area (Å²) in [7, 11) is 0. The van der Waals surface area contributed by atoms with Crippen LogP contribution in [0.3, 0.4) is 0 Å². The number of allylic oxidation sites excluding steroid dienone is 1. The minimum atomic E-state index is -2.88. The lowest BCUT2D eigenvalue weighted by Crippen LogP contribution is -2.14. The lowest BCUT2D eigenvalue weighted by atomic mass is 10.2. The standard InChI is InChI=1S/C20H18F2N4O2S/c1-2-12-26-18(14-8-10-16(11-9-14)28-19(21)22)24-25-20(26)29-13-17(27)23-15-6-4-3-5-7-15/h2-11,19H,1,12-13H2,(H,23,27). The fourth-order valence-electron chi connectivity index (χ4n) is 2.54. The van der Waals surface area contributed by atoms with Crippen molar-refractivity contribution in [3.63, 3.8) is 0 Å². The molecule has 3 rings (SSSR count). The van der Waals surface area contributed by atoms with Crippen molar-refractivity contribution in [2.45, 2.75) is 18.3 Å². The normalized spacial score (nSPS) is 10.7. The maximum atomic E-state index is 12.3. The number of hydrogen-bond donors (Lipinski definition) is 1. The Morgan fingerprint density at radius 2 is 1.90 bits per heavy atom. The van der Waals surface area contributed by atoms with E-state index in [1.54, 1.807) is 22.8 Å². The molecule has 1 heterocycles. The Bertz CT molecular complexity index is 962. The lowest BCUT2D eigenvalue weighted by molar-refractivity contribution is -0.113. The smallest absolute Gasteiger partial charge is 0.387 e. The Kier molecular flexibility index (Phi) is 6.96. The molecule has 0 aliphatic heterocycles. The van der Waals surface area contributed by atoms with Crippen LogP contribution in [0.4, 0.5) is 14.5 Å². The number of nitrogens with zero attached hydrogens (tertiary/aromatic N) is 3. The summed E-state index contributed by atoms with van der Waals surface area (Å²) in [6.45, 7) is 1.29. The van der Waals surface area contributed by atoms with Crippen molar-refractivity contribution < 1.29 is 18.3 Å². The maximum absolute atomic E-state index is 12.3. The summed E-state index contributed by atoms with van der Waals surface area (Å²) in [6, 6.07) is 15.3. The molecular weight excluding hydrogens is 398 g/mol. The van der Waals surface area contributed by atoms with Crippen molar-refractivity contribution in [1.29, 1.82) is 0 Å². The van der Waals surface area contributed by atoms with Gasteiger partial charge in [-0.25, -0.2) is 0 Å². The molecule has 0 spiro atoms. The first kappa shape index (κ1) is 20.5. The van der Waals surface area contributed by atoms with Gasteiger partial charge in [-0.1, -0.05) is 36.0 Å². The van der Waals surface area contributed by atoms with Crippen LogP contribution in [0, 0.1) is 0 Å². The topological polar surface area (TPSA) is 69.0 Å². The molecule has 9 heteroatoms. The van der Waals surface area contributed by atoms with Crippen molar-refractivity contribution in [3.8, 4) is 17.1 Å². The quantitative estimate of drug-likeness (QED) is 0.412. The minimum Gasteiger partial charge on any atom is -0.435 e. The largest absolute Gasteiger partial charge is 0.435 e. The second-order valence-electron chi connectivity index (χ2n) is 5.81. The number of aromatic nitrogens is 3. The molecule has 0 aliphatic rings. The molecule has 0 saturated heterocycles. The van der Waals surface area contributed by atoms with Gasteiger partial charge in [0.1, 0.15) is 5.75 Å². The Balaban J connectivity index is 1.71. The first-order chi connectivity index (χ1) is 14.1. The SMILES string of the molecule is C=CCn1c(SCC(=O)Nc2ccccc2)nnc1-c1ccc(OC(F)F)cc1. The summed E-state index contributed by atoms with van der Waals surface area (Å²) in [5.41, 5.74) is 1.40. The van der Waals surface area contributed by atoms with Crippen LogP contribution in [-0.4, -0.2) is 33.0 Å². The van der Waals surface area contributed by atoms with Crippen LogP contribution in [0.15, 0.2) is 72.4 Å². The highest BCUT2D eigenvalue weighted by molar-refractivity contribution is 7.99. The first-order valence-corrected chi connectivity index (χ1v) is 9.62. The average molecular weight is 416 g/mol. The van der Waals surface area contributed by atoms with Gasteiger partial charge in [0.05, 0.1) is 5.75 Å². The molecule has 0 bridgehead atoms. The van der Waals surface area contributed by atoms with Crippen molar-refractivity contribution in [1.82, 2.24) is 14.8 Å². The highest BCUT2D eigenvalue weighted by Crippen LogP contribution is 2.26. The molecule has 0 aliphatic carbocycles. The van der Waals surface area contributed by atoms with Gasteiger partial charge in [-0.15, -0.1) is 16.8 Å². The fraction of sp³-hybridized carbons (Fsp3) is 0.150. The van der Waals surface area contributed by atoms with E-state index in [2.05, 4.69) is 26.8 Å². The van der Waals surface area contributed by atoms with Gasteiger partial charge in [0, 0.05) is 17.8 Å². The third kappa shape index (κ3) is 5.64. The molecule has 3 aromatic rings. The summed E-state index contributed by atoms with van der Waals surface area (Å²) in [5, 5.41) is 11.7. The molecule has 150 valence electrons. The van der Waals surface area contributed by atoms with Gasteiger partial charge in [-0.05, 0) is 36.4 Å². The fourth-order valence-corrected chi connectivity index (χ4v) is 3.28. The van der Waals surface area contributed by atoms with Gasteiger partial charge >= 0.3 is 6.61 Å². The number of benzene rings is 2. The zero-order valence-electron chi connectivity index (χ0n) is 15.3. The Morgan fingerprint density at radius 3 is 2.55 bits per heavy atom. The van der Waals surface area contributed by atoms with Crippen molar-refractivity contribution >= 4 is 23.4 Å². The Labute approximate surface area is 170 Å². The number of anilines is 1. The molecular formula is C20H18F2N4O2S. The van der Waals surface area contributed by atoms with Gasteiger partial charge in [-0.2, -0.15) is 8.78 Å². The van der Waals surface area contributed by atoms with E-state index in [4.69, 9.17) is 0 Å². The highest BCUT2D eigenvalue weighted by atomic mass is 32.2. The van der Waals surface area contributed by atoms with Gasteiger partial charge in [0.25, 0.3) is 0 Å². The molecule has 0 saturated carbocycles. The van der Waals surface area contributed by atoms with Crippen LogP contribution in [0.5, 0.6) is 5.75 Å². The summed E-state index contributed by atoms with van der Waals surface area (Å²) in [4.78, 5) is 12.2. The molecule has 1 amide bonds. The van der Waals surface area contributed by atoms with Crippen LogP contribution >= 0.6 is 11.8 Å². The number of ether oxygens (including phenoxy) is 1. The molecule has 1 N–H and O–H groups in total. The van der Waals surface area contributed by atoms with Crippen molar-refractivity contribution in [2.24, 2.45) is 0 Å². The van der Waals surface area contributed by atoms with Crippen LogP contribution < -0.4 is 10.1 Å². The molecule has 0 fully saturated rings. The summed E-state index contributed by atoms with van der Waals surface area (Å²) in [5.74, 6) is 0.598. The lowest BCUT2D eigenvalue weighted by Gasteiger charge is -2.09. The molecule has 2 aromatic carbocycles. The van der Waals surface area contributed by atoms with Gasteiger partial charge in [0.15, 0.2) is 11.0 Å². The number of halogens is 2. The third-order valence-corrected chi connectivity index (χ3v) is 4.72. The minimum absolute atomic E-state index is 0.0608. The number of amides is 1. The monoisotopic (exact) mass is 416 g/mol. The van der Waals surface area contributed by atoms with E-state index in [0.29, 0.717) is 23.1 Å². The van der Waals surface area contributed by atoms with E-state index in [0.717, 1.165) is 5.69 Å². The summed E-state index contributed by atoms with van der Waals surface area (Å²) >= 11 is 1.25. The molecule has 1 aromatic heterocycles. The number of carbonyl (C=O) groups excluding carboxylic acids is 1. The summed E-state index contributed by atoms with van der Waals surface area (Å²) in [6.07, 6.45) is 1.69. The Hall–Kier alpha value is -3.20. The predicted molar refractivity (Wildman–Crippen MR) is 108 cm³/mol. The van der Waals surface area contributed by atoms with Gasteiger partial charge in [-0.3, -0.25) is 9.36 Å². The summed E-state index contributed by atoms with van der Waals surface area (Å²) < 4.78 is 30.8. The van der Waals surface area contributed by atoms with E-state index >= 15 is 0 Å². The molecule has 0 unspecified atom stereocenters. The zero-order chi connectivity index (χ0) is 20.6.